The van der Waals surface area contributed by atoms with E-state index in [2.05, 4.69) is 20.9 Å². The van der Waals surface area contributed by atoms with Gasteiger partial charge >= 0.3 is 0 Å². The number of amides is 2. The quantitative estimate of drug-likeness (QED) is 0.736. The van der Waals surface area contributed by atoms with Crippen molar-refractivity contribution in [3.8, 4) is 11.5 Å². The van der Waals surface area contributed by atoms with Gasteiger partial charge in [0.15, 0.2) is 17.3 Å². The van der Waals surface area contributed by atoms with E-state index in [1.54, 1.807) is 33.3 Å². The van der Waals surface area contributed by atoms with Crippen LogP contribution in [-0.4, -0.2) is 41.0 Å². The summed E-state index contributed by atoms with van der Waals surface area (Å²) in [6, 6.07) is 5.42. The molecule has 2 rings (SSSR count). The van der Waals surface area contributed by atoms with Crippen LogP contribution in [0.25, 0.3) is 0 Å². The molecule has 9 heteroatoms. The molecule has 0 spiro atoms. The predicted molar refractivity (Wildman–Crippen MR) is 90.3 cm³/mol. The SMILES string of the molecule is CCC(=O)Nc1cn(CC(=O)NCc2ccc(OC)c(OC)c2)nn1. The van der Waals surface area contributed by atoms with Crippen molar-refractivity contribution in [2.24, 2.45) is 0 Å². The van der Waals surface area contributed by atoms with Gasteiger partial charge in [-0.15, -0.1) is 5.10 Å². The van der Waals surface area contributed by atoms with Gasteiger partial charge in [-0.2, -0.15) is 0 Å². The Bertz CT molecular complexity index is 744. The summed E-state index contributed by atoms with van der Waals surface area (Å²) >= 11 is 0. The van der Waals surface area contributed by atoms with E-state index in [0.717, 1.165) is 5.56 Å². The molecule has 0 saturated carbocycles. The van der Waals surface area contributed by atoms with Crippen molar-refractivity contribution in [1.82, 2.24) is 20.3 Å². The Morgan fingerprint density at radius 1 is 1.16 bits per heavy atom. The van der Waals surface area contributed by atoms with E-state index in [9.17, 15) is 9.59 Å². The first-order valence-electron chi connectivity index (χ1n) is 7.73. The highest BCUT2D eigenvalue weighted by molar-refractivity contribution is 5.89. The molecule has 1 heterocycles. The highest BCUT2D eigenvalue weighted by Gasteiger charge is 2.09. The molecular formula is C16H21N5O4. The zero-order valence-corrected chi connectivity index (χ0v) is 14.4. The van der Waals surface area contributed by atoms with Gasteiger partial charge in [-0.3, -0.25) is 9.59 Å². The number of hydrogen-bond donors (Lipinski definition) is 2. The maximum Gasteiger partial charge on any atom is 0.242 e. The van der Waals surface area contributed by atoms with Crippen molar-refractivity contribution in [2.75, 3.05) is 19.5 Å². The van der Waals surface area contributed by atoms with Crippen molar-refractivity contribution < 1.29 is 19.1 Å². The smallest absolute Gasteiger partial charge is 0.242 e. The average Bonchev–Trinajstić information content (AvgIpc) is 3.06. The molecule has 0 unspecified atom stereocenters. The standard InChI is InChI=1S/C16H21N5O4/c1-4-15(22)18-14-9-21(20-19-14)10-16(23)17-8-11-5-6-12(24-2)13(7-11)25-3/h5-7,9H,4,8,10H2,1-3H3,(H,17,23)(H,18,22). The number of ether oxygens (including phenoxy) is 2. The van der Waals surface area contributed by atoms with E-state index in [-0.39, 0.29) is 18.4 Å². The number of carbonyl (C=O) groups is 2. The van der Waals surface area contributed by atoms with Crippen LogP contribution in [0.5, 0.6) is 11.5 Å². The number of nitrogens with zero attached hydrogens (tertiary/aromatic N) is 3. The summed E-state index contributed by atoms with van der Waals surface area (Å²) in [6.45, 7) is 2.08. The van der Waals surface area contributed by atoms with Crippen molar-refractivity contribution in [3.05, 3.63) is 30.0 Å². The highest BCUT2D eigenvalue weighted by Crippen LogP contribution is 2.27. The lowest BCUT2D eigenvalue weighted by Crippen LogP contribution is -2.27. The van der Waals surface area contributed by atoms with Gasteiger partial charge in [-0.1, -0.05) is 18.2 Å². The molecule has 0 radical (unpaired) electrons. The van der Waals surface area contributed by atoms with E-state index < -0.39 is 0 Å². The maximum absolute atomic E-state index is 12.0. The zero-order chi connectivity index (χ0) is 18.2. The number of benzene rings is 1. The van der Waals surface area contributed by atoms with E-state index >= 15 is 0 Å². The molecule has 0 atom stereocenters. The van der Waals surface area contributed by atoms with Crippen molar-refractivity contribution in [3.63, 3.8) is 0 Å². The van der Waals surface area contributed by atoms with Crippen LogP contribution in [-0.2, 0) is 22.7 Å². The molecule has 2 N–H and O–H groups in total. The molecule has 0 saturated heterocycles. The zero-order valence-electron chi connectivity index (χ0n) is 14.4. The van der Waals surface area contributed by atoms with Gasteiger partial charge in [-0.25, -0.2) is 4.68 Å². The first-order chi connectivity index (χ1) is 12.0. The lowest BCUT2D eigenvalue weighted by Gasteiger charge is -2.10. The molecule has 0 aliphatic rings. The van der Waals surface area contributed by atoms with Gasteiger partial charge in [-0.05, 0) is 17.7 Å². The summed E-state index contributed by atoms with van der Waals surface area (Å²) in [4.78, 5) is 23.3. The summed E-state index contributed by atoms with van der Waals surface area (Å²) in [7, 11) is 3.12. The fourth-order valence-electron chi connectivity index (χ4n) is 2.06. The number of hydrogen-bond acceptors (Lipinski definition) is 6. The van der Waals surface area contributed by atoms with Crippen LogP contribution >= 0.6 is 0 Å². The molecule has 25 heavy (non-hydrogen) atoms. The average molecular weight is 347 g/mol. The normalized spacial score (nSPS) is 10.2. The minimum absolute atomic E-state index is 0.00227. The maximum atomic E-state index is 12.0. The number of rotatable bonds is 8. The molecule has 0 fully saturated rings. The predicted octanol–water partition coefficient (Wildman–Crippen LogP) is 0.960. The Morgan fingerprint density at radius 2 is 1.92 bits per heavy atom. The van der Waals surface area contributed by atoms with Crippen molar-refractivity contribution in [2.45, 2.75) is 26.4 Å². The molecule has 1 aromatic heterocycles. The van der Waals surface area contributed by atoms with Crippen LogP contribution in [0.15, 0.2) is 24.4 Å². The Hall–Kier alpha value is -3.10. The van der Waals surface area contributed by atoms with Crippen LogP contribution in [0.3, 0.4) is 0 Å². The van der Waals surface area contributed by atoms with Gasteiger partial charge in [0.1, 0.15) is 6.54 Å². The van der Waals surface area contributed by atoms with E-state index in [4.69, 9.17) is 9.47 Å². The largest absolute Gasteiger partial charge is 0.493 e. The Kier molecular flexibility index (Phi) is 6.33. The van der Waals surface area contributed by atoms with E-state index in [1.807, 2.05) is 6.07 Å². The van der Waals surface area contributed by atoms with Crippen LogP contribution in [0.1, 0.15) is 18.9 Å². The van der Waals surface area contributed by atoms with Crippen molar-refractivity contribution >= 4 is 17.6 Å². The third-order valence-electron chi connectivity index (χ3n) is 3.37. The number of aromatic nitrogens is 3. The third-order valence-corrected chi connectivity index (χ3v) is 3.37. The molecular weight excluding hydrogens is 326 g/mol. The summed E-state index contributed by atoms with van der Waals surface area (Å²) in [6.07, 6.45) is 1.85. The van der Waals surface area contributed by atoms with Gasteiger partial charge in [0, 0.05) is 13.0 Å². The van der Waals surface area contributed by atoms with Gasteiger partial charge in [0.2, 0.25) is 11.8 Å². The lowest BCUT2D eigenvalue weighted by molar-refractivity contribution is -0.122. The number of nitrogens with one attached hydrogen (secondary N) is 2. The molecule has 2 aromatic rings. The van der Waals surface area contributed by atoms with Crippen LogP contribution < -0.4 is 20.1 Å². The molecule has 0 aliphatic carbocycles. The van der Waals surface area contributed by atoms with Gasteiger partial charge < -0.3 is 20.1 Å². The monoisotopic (exact) mass is 347 g/mol. The minimum Gasteiger partial charge on any atom is -0.493 e. The number of anilines is 1. The molecule has 1 aromatic carbocycles. The first kappa shape index (κ1) is 18.2. The second kappa shape index (κ2) is 8.67. The Morgan fingerprint density at radius 3 is 2.60 bits per heavy atom. The van der Waals surface area contributed by atoms with Crippen LogP contribution in [0, 0.1) is 0 Å². The van der Waals surface area contributed by atoms with E-state index in [1.165, 1.54) is 10.9 Å². The van der Waals surface area contributed by atoms with E-state index in [0.29, 0.717) is 30.3 Å². The summed E-state index contributed by atoms with van der Waals surface area (Å²) in [5.41, 5.74) is 0.875. The number of methoxy groups -OCH3 is 2. The number of carbonyl (C=O) groups excluding carboxylic acids is 2. The van der Waals surface area contributed by atoms with Gasteiger partial charge in [0.25, 0.3) is 0 Å². The molecule has 0 bridgehead atoms. The highest BCUT2D eigenvalue weighted by atomic mass is 16.5. The Labute approximate surface area is 145 Å². The minimum atomic E-state index is -0.229. The van der Waals surface area contributed by atoms with Crippen LogP contribution in [0.4, 0.5) is 5.82 Å². The van der Waals surface area contributed by atoms with Crippen LogP contribution in [0.2, 0.25) is 0 Å². The second-order valence-corrected chi connectivity index (χ2v) is 5.17. The fraction of sp³-hybridized carbons (Fsp3) is 0.375. The molecule has 134 valence electrons. The fourth-order valence-corrected chi connectivity index (χ4v) is 2.06. The third kappa shape index (κ3) is 5.20. The summed E-state index contributed by atoms with van der Waals surface area (Å²) < 4.78 is 11.8. The summed E-state index contributed by atoms with van der Waals surface area (Å²) in [5.74, 6) is 1.15. The molecule has 0 aliphatic heterocycles. The Balaban J connectivity index is 1.87. The molecule has 2 amide bonds. The van der Waals surface area contributed by atoms with Gasteiger partial charge in [0.05, 0.1) is 20.4 Å². The first-order valence-corrected chi connectivity index (χ1v) is 7.73. The topological polar surface area (TPSA) is 107 Å². The molecule has 9 nitrogen and oxygen atoms in total. The van der Waals surface area contributed by atoms with Crippen molar-refractivity contribution in [1.29, 1.82) is 0 Å². The second-order valence-electron chi connectivity index (χ2n) is 5.17. The lowest BCUT2D eigenvalue weighted by atomic mass is 10.2. The summed E-state index contributed by atoms with van der Waals surface area (Å²) in [5, 5.41) is 13.0.